The van der Waals surface area contributed by atoms with Crippen LogP contribution in [-0.2, 0) is 6.54 Å². The quantitative estimate of drug-likeness (QED) is 0.711. The Bertz CT molecular complexity index is 840. The molecule has 0 aliphatic carbocycles. The molecule has 0 atom stereocenters. The Hall–Kier alpha value is -2.93. The van der Waals surface area contributed by atoms with Gasteiger partial charge in [-0.1, -0.05) is 6.07 Å². The molecule has 3 rings (SSSR count). The van der Waals surface area contributed by atoms with Crippen LogP contribution in [0.3, 0.4) is 0 Å². The van der Waals surface area contributed by atoms with E-state index in [1.807, 2.05) is 30.0 Å². The van der Waals surface area contributed by atoms with Crippen LogP contribution in [0.5, 0.6) is 23.0 Å². The van der Waals surface area contributed by atoms with E-state index in [0.29, 0.717) is 36.8 Å². The SMILES string of the molecule is CCOc1cc(C[NH+]2CCN(C(=O)c3c(OC)cccc3OC)CC2)ccc1OC. The highest BCUT2D eigenvalue weighted by Gasteiger charge is 2.28. The summed E-state index contributed by atoms with van der Waals surface area (Å²) in [5, 5.41) is 0. The molecule has 0 saturated carbocycles. The zero-order valence-electron chi connectivity index (χ0n) is 18.2. The van der Waals surface area contributed by atoms with Gasteiger partial charge >= 0.3 is 0 Å². The summed E-state index contributed by atoms with van der Waals surface area (Å²) in [6.07, 6.45) is 0. The summed E-state index contributed by atoms with van der Waals surface area (Å²) >= 11 is 0. The molecule has 0 bridgehead atoms. The zero-order chi connectivity index (χ0) is 21.5. The number of benzene rings is 2. The standard InChI is InChI=1S/C23H30N2O5/c1-5-30-21-15-17(9-10-18(21)27-2)16-24-11-13-25(14-12-24)23(26)22-19(28-3)7-6-8-20(22)29-4/h6-10,15H,5,11-14,16H2,1-4H3/p+1. The zero-order valence-corrected chi connectivity index (χ0v) is 18.2. The highest BCUT2D eigenvalue weighted by Crippen LogP contribution is 2.30. The summed E-state index contributed by atoms with van der Waals surface area (Å²) in [5.74, 6) is 2.55. The predicted octanol–water partition coefficient (Wildman–Crippen LogP) is 1.65. The lowest BCUT2D eigenvalue weighted by atomic mass is 10.1. The van der Waals surface area contributed by atoms with E-state index in [4.69, 9.17) is 18.9 Å². The van der Waals surface area contributed by atoms with Crippen LogP contribution in [0.1, 0.15) is 22.8 Å². The summed E-state index contributed by atoms with van der Waals surface area (Å²) in [5.41, 5.74) is 1.68. The molecule has 7 nitrogen and oxygen atoms in total. The first-order chi connectivity index (χ1) is 14.6. The molecule has 1 aliphatic heterocycles. The van der Waals surface area contributed by atoms with Crippen molar-refractivity contribution in [1.29, 1.82) is 0 Å². The topological polar surface area (TPSA) is 61.7 Å². The van der Waals surface area contributed by atoms with Crippen LogP contribution in [0.25, 0.3) is 0 Å². The lowest BCUT2D eigenvalue weighted by Crippen LogP contribution is -3.13. The van der Waals surface area contributed by atoms with Gasteiger partial charge in [-0.3, -0.25) is 4.79 Å². The Labute approximate surface area is 178 Å². The van der Waals surface area contributed by atoms with Crippen molar-refractivity contribution >= 4 is 5.91 Å². The number of rotatable bonds is 8. The molecular formula is C23H31N2O5+. The second-order valence-corrected chi connectivity index (χ2v) is 7.17. The highest BCUT2D eigenvalue weighted by molar-refractivity contribution is 5.99. The number of amides is 1. The number of carbonyl (C=O) groups excluding carboxylic acids is 1. The fourth-order valence-corrected chi connectivity index (χ4v) is 3.81. The molecule has 0 unspecified atom stereocenters. The van der Waals surface area contributed by atoms with Gasteiger partial charge in [-0.05, 0) is 37.3 Å². The fraction of sp³-hybridized carbons (Fsp3) is 0.435. The normalized spacial score (nSPS) is 14.3. The Morgan fingerprint density at radius 2 is 1.57 bits per heavy atom. The third-order valence-corrected chi connectivity index (χ3v) is 5.38. The van der Waals surface area contributed by atoms with E-state index < -0.39 is 0 Å². The molecule has 1 aliphatic rings. The molecule has 7 heteroatoms. The van der Waals surface area contributed by atoms with Crippen LogP contribution in [0, 0.1) is 0 Å². The number of nitrogens with one attached hydrogen (secondary N) is 1. The summed E-state index contributed by atoms with van der Waals surface area (Å²) in [7, 11) is 4.79. The van der Waals surface area contributed by atoms with Gasteiger partial charge in [0.1, 0.15) is 23.6 Å². The number of ether oxygens (including phenoxy) is 4. The number of hydrogen-bond acceptors (Lipinski definition) is 5. The number of methoxy groups -OCH3 is 3. The van der Waals surface area contributed by atoms with Crippen molar-refractivity contribution < 1.29 is 28.6 Å². The number of quaternary nitrogens is 1. The second-order valence-electron chi connectivity index (χ2n) is 7.17. The molecule has 2 aromatic carbocycles. The summed E-state index contributed by atoms with van der Waals surface area (Å²) < 4.78 is 21.8. The molecule has 2 aromatic rings. The van der Waals surface area contributed by atoms with Gasteiger partial charge in [0.25, 0.3) is 5.91 Å². The maximum atomic E-state index is 13.1. The van der Waals surface area contributed by atoms with Crippen molar-refractivity contribution in [2.75, 3.05) is 54.1 Å². The lowest BCUT2D eigenvalue weighted by Gasteiger charge is -2.33. The van der Waals surface area contributed by atoms with Gasteiger partial charge in [-0.25, -0.2) is 0 Å². The highest BCUT2D eigenvalue weighted by atomic mass is 16.5. The Kier molecular flexibility index (Phi) is 7.41. The first-order valence-electron chi connectivity index (χ1n) is 10.2. The smallest absolute Gasteiger partial charge is 0.261 e. The monoisotopic (exact) mass is 415 g/mol. The van der Waals surface area contributed by atoms with E-state index >= 15 is 0 Å². The molecule has 0 spiro atoms. The van der Waals surface area contributed by atoms with Gasteiger partial charge in [0, 0.05) is 5.56 Å². The van der Waals surface area contributed by atoms with E-state index in [1.54, 1.807) is 33.5 Å². The maximum absolute atomic E-state index is 13.1. The average molecular weight is 416 g/mol. The van der Waals surface area contributed by atoms with Crippen molar-refractivity contribution in [3.05, 3.63) is 47.5 Å². The van der Waals surface area contributed by atoms with Crippen LogP contribution in [0.4, 0.5) is 0 Å². The summed E-state index contributed by atoms with van der Waals surface area (Å²) in [6, 6.07) is 11.5. The van der Waals surface area contributed by atoms with Crippen LogP contribution in [-0.4, -0.2) is 64.9 Å². The third-order valence-electron chi connectivity index (χ3n) is 5.38. The largest absolute Gasteiger partial charge is 0.496 e. The van der Waals surface area contributed by atoms with Gasteiger partial charge in [-0.15, -0.1) is 0 Å². The van der Waals surface area contributed by atoms with Gasteiger partial charge < -0.3 is 28.7 Å². The molecule has 30 heavy (non-hydrogen) atoms. The van der Waals surface area contributed by atoms with Crippen LogP contribution in [0.2, 0.25) is 0 Å². The van der Waals surface area contributed by atoms with Gasteiger partial charge in [-0.2, -0.15) is 0 Å². The van der Waals surface area contributed by atoms with Crippen LogP contribution in [0.15, 0.2) is 36.4 Å². The lowest BCUT2D eigenvalue weighted by molar-refractivity contribution is -0.917. The minimum absolute atomic E-state index is 0.0496. The molecule has 0 aromatic heterocycles. The van der Waals surface area contributed by atoms with Gasteiger partial charge in [0.05, 0.1) is 54.1 Å². The molecular weight excluding hydrogens is 384 g/mol. The van der Waals surface area contributed by atoms with E-state index in [9.17, 15) is 4.79 Å². The Balaban J connectivity index is 1.64. The molecule has 1 amide bonds. The summed E-state index contributed by atoms with van der Waals surface area (Å²) in [4.78, 5) is 16.4. The minimum Gasteiger partial charge on any atom is -0.496 e. The summed E-state index contributed by atoms with van der Waals surface area (Å²) in [6.45, 7) is 6.56. The van der Waals surface area contributed by atoms with E-state index in [0.717, 1.165) is 31.1 Å². The van der Waals surface area contributed by atoms with Crippen molar-refractivity contribution in [3.8, 4) is 23.0 Å². The number of nitrogens with zero attached hydrogens (tertiary/aromatic N) is 1. The van der Waals surface area contributed by atoms with E-state index in [1.165, 1.54) is 10.5 Å². The maximum Gasteiger partial charge on any atom is 0.261 e. The molecule has 0 radical (unpaired) electrons. The Morgan fingerprint density at radius 1 is 0.933 bits per heavy atom. The van der Waals surface area contributed by atoms with Crippen molar-refractivity contribution in [3.63, 3.8) is 0 Å². The third kappa shape index (κ3) is 4.79. The fourth-order valence-electron chi connectivity index (χ4n) is 3.81. The Morgan fingerprint density at radius 3 is 2.13 bits per heavy atom. The first-order valence-corrected chi connectivity index (χ1v) is 10.2. The van der Waals surface area contributed by atoms with Crippen LogP contribution >= 0.6 is 0 Å². The number of piperazine rings is 1. The molecule has 1 heterocycles. The van der Waals surface area contributed by atoms with E-state index in [-0.39, 0.29) is 5.91 Å². The molecule has 1 N–H and O–H groups in total. The number of hydrogen-bond donors (Lipinski definition) is 1. The molecule has 162 valence electrons. The average Bonchev–Trinajstić information content (AvgIpc) is 2.79. The van der Waals surface area contributed by atoms with E-state index in [2.05, 4.69) is 6.07 Å². The minimum atomic E-state index is -0.0496. The van der Waals surface area contributed by atoms with Crippen LogP contribution < -0.4 is 23.8 Å². The van der Waals surface area contributed by atoms with Gasteiger partial charge in [0.15, 0.2) is 11.5 Å². The van der Waals surface area contributed by atoms with Crippen molar-refractivity contribution in [2.45, 2.75) is 13.5 Å². The molecule has 1 saturated heterocycles. The second kappa shape index (κ2) is 10.2. The predicted molar refractivity (Wildman–Crippen MR) is 114 cm³/mol. The first kappa shape index (κ1) is 21.8. The van der Waals surface area contributed by atoms with Crippen molar-refractivity contribution in [1.82, 2.24) is 4.90 Å². The molecule has 1 fully saturated rings. The van der Waals surface area contributed by atoms with Crippen molar-refractivity contribution in [2.24, 2.45) is 0 Å². The number of carbonyl (C=O) groups is 1. The van der Waals surface area contributed by atoms with Gasteiger partial charge in [0.2, 0.25) is 0 Å².